The Bertz CT molecular complexity index is 852. The van der Waals surface area contributed by atoms with Crippen LogP contribution in [0.4, 0.5) is 4.79 Å². The van der Waals surface area contributed by atoms with Crippen LogP contribution in [0.2, 0.25) is 0 Å². The van der Waals surface area contributed by atoms with Gasteiger partial charge in [-0.15, -0.1) is 11.3 Å². The summed E-state index contributed by atoms with van der Waals surface area (Å²) in [6.45, 7) is 2.91. The highest BCUT2D eigenvalue weighted by atomic mass is 32.1. The number of carbonyl (C=O) groups excluding carboxylic acids is 3. The number of aromatic nitrogens is 1. The minimum atomic E-state index is -0.750. The number of nitrogens with zero attached hydrogens (tertiary/aromatic N) is 4. The maximum atomic E-state index is 13.0. The molecule has 1 aliphatic rings. The number of likely N-dealkylation sites (N-methyl/N-ethyl adjacent to an activating group) is 2. The molecule has 2 aromatic heterocycles. The van der Waals surface area contributed by atoms with Crippen LogP contribution in [-0.4, -0.2) is 57.7 Å². The van der Waals surface area contributed by atoms with E-state index in [0.29, 0.717) is 13.1 Å². The molecule has 1 fully saturated rings. The van der Waals surface area contributed by atoms with Crippen molar-refractivity contribution in [1.29, 1.82) is 0 Å². The lowest BCUT2D eigenvalue weighted by Gasteiger charge is -2.25. The molecule has 2 aromatic rings. The lowest BCUT2D eigenvalue weighted by molar-refractivity contribution is -0.137. The van der Waals surface area contributed by atoms with Gasteiger partial charge in [0.2, 0.25) is 5.91 Å². The van der Waals surface area contributed by atoms with E-state index < -0.39 is 6.04 Å². The molecule has 0 aliphatic carbocycles. The van der Waals surface area contributed by atoms with Crippen LogP contribution < -0.4 is 0 Å². The normalized spacial score (nSPS) is 16.9. The highest BCUT2D eigenvalue weighted by Gasteiger charge is 2.42. The second kappa shape index (κ2) is 7.87. The number of hydrogen-bond donors (Lipinski definition) is 0. The monoisotopic (exact) mass is 386 g/mol. The van der Waals surface area contributed by atoms with E-state index in [1.165, 1.54) is 16.8 Å². The van der Waals surface area contributed by atoms with E-state index in [9.17, 15) is 14.4 Å². The highest BCUT2D eigenvalue weighted by Crippen LogP contribution is 2.22. The van der Waals surface area contributed by atoms with E-state index in [1.54, 1.807) is 35.7 Å². The molecule has 8 heteroatoms. The molecule has 142 valence electrons. The van der Waals surface area contributed by atoms with Crippen LogP contribution in [0.1, 0.15) is 21.7 Å². The fraction of sp³-hybridized carbons (Fsp3) is 0.368. The molecule has 7 nitrogen and oxygen atoms in total. The predicted molar refractivity (Wildman–Crippen MR) is 102 cm³/mol. The Balaban J connectivity index is 1.77. The second-order valence-electron chi connectivity index (χ2n) is 6.63. The summed E-state index contributed by atoms with van der Waals surface area (Å²) in [4.78, 5) is 47.7. The maximum Gasteiger partial charge on any atom is 0.326 e. The zero-order chi connectivity index (χ0) is 19.6. The second-order valence-corrected chi connectivity index (χ2v) is 8.00. The Hall–Kier alpha value is -2.74. The lowest BCUT2D eigenvalue weighted by Crippen LogP contribution is -2.39. The largest absolute Gasteiger partial charge is 0.333 e. The average Bonchev–Trinajstić information content (AvgIpc) is 3.15. The summed E-state index contributed by atoms with van der Waals surface area (Å²) in [5.74, 6) is -0.502. The molecule has 0 saturated carbocycles. The summed E-state index contributed by atoms with van der Waals surface area (Å²) in [6.07, 6.45) is 3.35. The first kappa shape index (κ1) is 19.0. The standard InChI is InChI=1S/C19H22N4O3S/c1-13-4-5-15(27-13)12-23(11-14-6-8-20-9-7-14)17(24)10-16-18(25)22(3)19(26)21(16)2/h4-9,16H,10-12H2,1-3H3. The topological polar surface area (TPSA) is 73.8 Å². The lowest BCUT2D eigenvalue weighted by atomic mass is 10.1. The summed E-state index contributed by atoms with van der Waals surface area (Å²) in [5, 5.41) is 0. The molecule has 3 heterocycles. The van der Waals surface area contributed by atoms with E-state index in [0.717, 1.165) is 15.3 Å². The summed E-state index contributed by atoms with van der Waals surface area (Å²) in [5.41, 5.74) is 0.964. The van der Waals surface area contributed by atoms with Crippen LogP contribution in [-0.2, 0) is 22.7 Å². The van der Waals surface area contributed by atoms with Crippen LogP contribution in [0.15, 0.2) is 36.7 Å². The van der Waals surface area contributed by atoms with Crippen LogP contribution in [0.5, 0.6) is 0 Å². The number of hydrogen-bond acceptors (Lipinski definition) is 5. The van der Waals surface area contributed by atoms with Crippen molar-refractivity contribution in [3.05, 3.63) is 52.0 Å². The first-order valence-corrected chi connectivity index (χ1v) is 9.45. The van der Waals surface area contributed by atoms with Crippen molar-refractivity contribution in [3.8, 4) is 0 Å². The number of rotatable bonds is 6. The van der Waals surface area contributed by atoms with Crippen molar-refractivity contribution in [2.45, 2.75) is 32.5 Å². The number of imide groups is 1. The Morgan fingerprint density at radius 1 is 1.15 bits per heavy atom. The van der Waals surface area contributed by atoms with Gasteiger partial charge in [0.25, 0.3) is 5.91 Å². The molecular weight excluding hydrogens is 364 g/mol. The van der Waals surface area contributed by atoms with Crippen LogP contribution in [0, 0.1) is 6.92 Å². The number of urea groups is 1. The van der Waals surface area contributed by atoms with E-state index in [4.69, 9.17) is 0 Å². The molecule has 0 N–H and O–H groups in total. The van der Waals surface area contributed by atoms with Gasteiger partial charge < -0.3 is 9.80 Å². The molecule has 0 spiro atoms. The molecule has 1 aliphatic heterocycles. The number of aryl methyl sites for hydroxylation is 1. The highest BCUT2D eigenvalue weighted by molar-refractivity contribution is 7.11. The van der Waals surface area contributed by atoms with Gasteiger partial charge >= 0.3 is 6.03 Å². The summed E-state index contributed by atoms with van der Waals surface area (Å²) in [6, 6.07) is 6.63. The SMILES string of the molecule is Cc1ccc(CN(Cc2ccncc2)C(=O)CC2C(=O)N(C)C(=O)N2C)s1. The van der Waals surface area contributed by atoms with Crippen molar-refractivity contribution >= 4 is 29.2 Å². The minimum Gasteiger partial charge on any atom is -0.333 e. The Morgan fingerprint density at radius 3 is 2.41 bits per heavy atom. The smallest absolute Gasteiger partial charge is 0.326 e. The molecule has 1 atom stereocenters. The third kappa shape index (κ3) is 4.16. The molecular formula is C19H22N4O3S. The predicted octanol–water partition coefficient (Wildman–Crippen LogP) is 2.26. The molecule has 27 heavy (non-hydrogen) atoms. The van der Waals surface area contributed by atoms with Gasteiger partial charge in [-0.3, -0.25) is 19.5 Å². The van der Waals surface area contributed by atoms with E-state index >= 15 is 0 Å². The fourth-order valence-corrected chi connectivity index (χ4v) is 3.98. The molecule has 3 rings (SSSR count). The van der Waals surface area contributed by atoms with Gasteiger partial charge in [0.1, 0.15) is 6.04 Å². The van der Waals surface area contributed by atoms with E-state index in [-0.39, 0.29) is 24.3 Å². The van der Waals surface area contributed by atoms with Crippen molar-refractivity contribution in [2.75, 3.05) is 14.1 Å². The summed E-state index contributed by atoms with van der Waals surface area (Å²) < 4.78 is 0. The third-order valence-corrected chi connectivity index (χ3v) is 5.64. The van der Waals surface area contributed by atoms with Crippen molar-refractivity contribution in [1.82, 2.24) is 19.7 Å². The third-order valence-electron chi connectivity index (χ3n) is 4.66. The molecule has 0 aromatic carbocycles. The van der Waals surface area contributed by atoms with Crippen molar-refractivity contribution < 1.29 is 14.4 Å². The van der Waals surface area contributed by atoms with E-state index in [1.807, 2.05) is 31.2 Å². The molecule has 0 radical (unpaired) electrons. The fourth-order valence-electron chi connectivity index (χ4n) is 3.07. The first-order chi connectivity index (χ1) is 12.9. The van der Waals surface area contributed by atoms with E-state index in [2.05, 4.69) is 4.98 Å². The molecule has 1 saturated heterocycles. The van der Waals surface area contributed by atoms with Crippen molar-refractivity contribution in [2.24, 2.45) is 0 Å². The van der Waals surface area contributed by atoms with Crippen LogP contribution in [0.3, 0.4) is 0 Å². The molecule has 4 amide bonds. The van der Waals surface area contributed by atoms with Crippen LogP contribution in [0.25, 0.3) is 0 Å². The average molecular weight is 386 g/mol. The number of carbonyl (C=O) groups is 3. The molecule has 0 bridgehead atoms. The number of pyridine rings is 1. The molecule has 1 unspecified atom stereocenters. The van der Waals surface area contributed by atoms with Crippen molar-refractivity contribution in [3.63, 3.8) is 0 Å². The van der Waals surface area contributed by atoms with Crippen LogP contribution >= 0.6 is 11.3 Å². The number of amides is 4. The van der Waals surface area contributed by atoms with Gasteiger partial charge in [0, 0.05) is 42.8 Å². The van der Waals surface area contributed by atoms with Gasteiger partial charge in [-0.1, -0.05) is 0 Å². The first-order valence-electron chi connectivity index (χ1n) is 8.63. The zero-order valence-corrected chi connectivity index (χ0v) is 16.4. The Labute approximate surface area is 162 Å². The summed E-state index contributed by atoms with van der Waals surface area (Å²) in [7, 11) is 2.99. The van der Waals surface area contributed by atoms with Gasteiger partial charge in [0.15, 0.2) is 0 Å². The summed E-state index contributed by atoms with van der Waals surface area (Å²) >= 11 is 1.64. The quantitative estimate of drug-likeness (QED) is 0.714. The van der Waals surface area contributed by atoms with Gasteiger partial charge in [-0.05, 0) is 36.8 Å². The van der Waals surface area contributed by atoms with Gasteiger partial charge in [0.05, 0.1) is 13.0 Å². The Kier molecular flexibility index (Phi) is 5.55. The van der Waals surface area contributed by atoms with Gasteiger partial charge in [-0.2, -0.15) is 0 Å². The maximum absolute atomic E-state index is 13.0. The number of thiophene rings is 1. The van der Waals surface area contributed by atoms with Gasteiger partial charge in [-0.25, -0.2) is 4.79 Å². The minimum absolute atomic E-state index is 0.0269. The zero-order valence-electron chi connectivity index (χ0n) is 15.6. The Morgan fingerprint density at radius 2 is 1.85 bits per heavy atom.